The normalized spacial score (nSPS) is 11.8. The maximum Gasteiger partial charge on any atom is 0.500 e. The van der Waals surface area contributed by atoms with Gasteiger partial charge in [-0.25, -0.2) is 0 Å². The molecule has 0 saturated carbocycles. The van der Waals surface area contributed by atoms with E-state index < -0.39 is 8.80 Å². The topological polar surface area (TPSA) is 36.9 Å². The highest BCUT2D eigenvalue weighted by molar-refractivity contribution is 6.60. The number of ether oxygens (including phenoxy) is 1. The molecule has 0 amide bonds. The summed E-state index contributed by atoms with van der Waals surface area (Å²) in [4.78, 5) is 0. The third-order valence-corrected chi connectivity index (χ3v) is 6.63. The Kier molecular flexibility index (Phi) is 11.2. The molecular weight excluding hydrogens is 308 g/mol. The molecule has 0 radical (unpaired) electrons. The van der Waals surface area contributed by atoms with E-state index in [-0.39, 0.29) is 0 Å². The molecule has 0 aliphatic heterocycles. The zero-order valence-corrected chi connectivity index (χ0v) is 15.9. The van der Waals surface area contributed by atoms with Crippen LogP contribution in [-0.4, -0.2) is 35.2 Å². The highest BCUT2D eigenvalue weighted by atomic mass is 28.4. The summed E-state index contributed by atoms with van der Waals surface area (Å²) in [7, 11) is -2.46. The second-order valence-corrected chi connectivity index (χ2v) is 8.06. The molecule has 0 unspecified atom stereocenters. The lowest BCUT2D eigenvalue weighted by atomic mass is 10.2. The molecule has 0 bridgehead atoms. The third-order valence-electron chi connectivity index (χ3n) is 3.48. The van der Waals surface area contributed by atoms with Crippen molar-refractivity contribution < 1.29 is 18.0 Å². The quantitative estimate of drug-likeness (QED) is 0.371. The first-order chi connectivity index (χ1) is 11.3. The number of hydrogen-bond acceptors (Lipinski definition) is 4. The van der Waals surface area contributed by atoms with Gasteiger partial charge in [-0.15, -0.1) is 0 Å². The van der Waals surface area contributed by atoms with Crippen molar-refractivity contribution in [3.05, 3.63) is 35.9 Å². The van der Waals surface area contributed by atoms with Gasteiger partial charge in [-0.05, 0) is 39.2 Å². The summed E-state index contributed by atoms with van der Waals surface area (Å²) in [6.45, 7) is 9.41. The maximum atomic E-state index is 5.86. The molecule has 1 aromatic rings. The number of rotatable bonds is 14. The average molecular weight is 341 g/mol. The Morgan fingerprint density at radius 2 is 1.39 bits per heavy atom. The molecule has 0 N–H and O–H groups in total. The molecule has 132 valence electrons. The van der Waals surface area contributed by atoms with E-state index in [0.717, 1.165) is 31.9 Å². The van der Waals surface area contributed by atoms with Gasteiger partial charge in [0.2, 0.25) is 0 Å². The van der Waals surface area contributed by atoms with Gasteiger partial charge < -0.3 is 18.0 Å². The van der Waals surface area contributed by atoms with Crippen LogP contribution in [0.25, 0.3) is 0 Å². The Hall–Kier alpha value is -0.723. The number of unbranched alkanes of at least 4 members (excludes halogenated alkanes) is 2. The van der Waals surface area contributed by atoms with Crippen LogP contribution in [0.3, 0.4) is 0 Å². The highest BCUT2D eigenvalue weighted by Crippen LogP contribution is 2.20. The fraction of sp³-hybridized carbons (Fsp3) is 0.667. The van der Waals surface area contributed by atoms with Gasteiger partial charge in [-0.3, -0.25) is 0 Å². The largest absolute Gasteiger partial charge is 0.500 e. The maximum absolute atomic E-state index is 5.86. The lowest BCUT2D eigenvalue weighted by Gasteiger charge is -2.28. The predicted molar refractivity (Wildman–Crippen MR) is 95.4 cm³/mol. The zero-order chi connectivity index (χ0) is 16.8. The van der Waals surface area contributed by atoms with E-state index in [1.165, 1.54) is 5.56 Å². The van der Waals surface area contributed by atoms with Crippen molar-refractivity contribution in [3.8, 4) is 0 Å². The zero-order valence-electron chi connectivity index (χ0n) is 14.9. The monoisotopic (exact) mass is 340 g/mol. The van der Waals surface area contributed by atoms with Gasteiger partial charge in [0.1, 0.15) is 0 Å². The second kappa shape index (κ2) is 12.7. The van der Waals surface area contributed by atoms with Gasteiger partial charge in [0.15, 0.2) is 0 Å². The van der Waals surface area contributed by atoms with Gasteiger partial charge in [0, 0.05) is 32.5 Å². The molecule has 5 heteroatoms. The first-order valence-electron chi connectivity index (χ1n) is 8.79. The van der Waals surface area contributed by atoms with Crippen LogP contribution < -0.4 is 0 Å². The minimum atomic E-state index is -2.46. The van der Waals surface area contributed by atoms with Crippen LogP contribution >= 0.6 is 0 Å². The van der Waals surface area contributed by atoms with Crippen molar-refractivity contribution in [2.75, 3.05) is 26.4 Å². The highest BCUT2D eigenvalue weighted by Gasteiger charge is 2.39. The molecule has 0 heterocycles. The Bertz CT molecular complexity index is 369. The Morgan fingerprint density at radius 1 is 0.783 bits per heavy atom. The smallest absolute Gasteiger partial charge is 0.377 e. The lowest BCUT2D eigenvalue weighted by Crippen LogP contribution is -2.45. The van der Waals surface area contributed by atoms with Crippen LogP contribution in [0.1, 0.15) is 45.6 Å². The van der Waals surface area contributed by atoms with E-state index in [4.69, 9.17) is 18.0 Å². The van der Waals surface area contributed by atoms with Crippen molar-refractivity contribution in [3.63, 3.8) is 0 Å². The van der Waals surface area contributed by atoms with Crippen LogP contribution in [0.15, 0.2) is 30.3 Å². The van der Waals surface area contributed by atoms with Gasteiger partial charge in [-0.2, -0.15) is 0 Å². The Morgan fingerprint density at radius 3 is 1.96 bits per heavy atom. The summed E-state index contributed by atoms with van der Waals surface area (Å²) in [5.74, 6) is 0. The van der Waals surface area contributed by atoms with Crippen LogP contribution in [0, 0.1) is 0 Å². The van der Waals surface area contributed by atoms with Crippen LogP contribution in [0.4, 0.5) is 0 Å². The SMILES string of the molecule is CCO[Si](CCCCCOCc1ccccc1)(OCC)OCC. The van der Waals surface area contributed by atoms with Gasteiger partial charge in [0.05, 0.1) is 6.61 Å². The lowest BCUT2D eigenvalue weighted by molar-refractivity contribution is 0.0700. The summed E-state index contributed by atoms with van der Waals surface area (Å²) in [6, 6.07) is 11.2. The summed E-state index contributed by atoms with van der Waals surface area (Å²) in [5.41, 5.74) is 1.22. The van der Waals surface area contributed by atoms with Crippen LogP contribution in [0.2, 0.25) is 6.04 Å². The molecule has 0 aliphatic carbocycles. The minimum absolute atomic E-state index is 0.645. The molecule has 0 saturated heterocycles. The molecule has 0 aromatic heterocycles. The average Bonchev–Trinajstić information content (AvgIpc) is 2.56. The number of hydrogen-bond donors (Lipinski definition) is 0. The van der Waals surface area contributed by atoms with E-state index in [9.17, 15) is 0 Å². The first-order valence-corrected chi connectivity index (χ1v) is 10.7. The van der Waals surface area contributed by atoms with E-state index in [0.29, 0.717) is 26.4 Å². The van der Waals surface area contributed by atoms with Crippen molar-refractivity contribution >= 4 is 8.80 Å². The standard InChI is InChI=1S/C18H32O4Si/c1-4-20-23(21-5-2,22-6-3)16-12-8-11-15-19-17-18-13-9-7-10-14-18/h7,9-10,13-14H,4-6,8,11-12,15-17H2,1-3H3. The van der Waals surface area contributed by atoms with E-state index >= 15 is 0 Å². The molecule has 0 atom stereocenters. The van der Waals surface area contributed by atoms with Crippen molar-refractivity contribution in [1.29, 1.82) is 0 Å². The summed E-state index contributed by atoms with van der Waals surface area (Å²) in [5, 5.41) is 0. The van der Waals surface area contributed by atoms with E-state index in [1.54, 1.807) is 0 Å². The fourth-order valence-corrected chi connectivity index (χ4v) is 5.17. The van der Waals surface area contributed by atoms with Crippen molar-refractivity contribution in [2.24, 2.45) is 0 Å². The van der Waals surface area contributed by atoms with Gasteiger partial charge >= 0.3 is 8.80 Å². The second-order valence-electron chi connectivity index (χ2n) is 5.33. The van der Waals surface area contributed by atoms with E-state index in [1.807, 2.05) is 39.0 Å². The van der Waals surface area contributed by atoms with Crippen molar-refractivity contribution in [1.82, 2.24) is 0 Å². The molecular formula is C18H32O4Si. The molecule has 0 spiro atoms. The third kappa shape index (κ3) is 8.63. The first kappa shape index (κ1) is 20.3. The van der Waals surface area contributed by atoms with Crippen LogP contribution in [-0.2, 0) is 24.6 Å². The summed E-state index contributed by atoms with van der Waals surface area (Å²) >= 11 is 0. The van der Waals surface area contributed by atoms with Crippen molar-refractivity contribution in [2.45, 2.75) is 52.7 Å². The number of benzene rings is 1. The minimum Gasteiger partial charge on any atom is -0.377 e. The van der Waals surface area contributed by atoms with Crippen LogP contribution in [0.5, 0.6) is 0 Å². The Balaban J connectivity index is 2.17. The molecule has 0 aliphatic rings. The molecule has 1 aromatic carbocycles. The molecule has 4 nitrogen and oxygen atoms in total. The molecule has 23 heavy (non-hydrogen) atoms. The molecule has 1 rings (SSSR count). The Labute approximate surface area is 142 Å². The van der Waals surface area contributed by atoms with Gasteiger partial charge in [0.25, 0.3) is 0 Å². The predicted octanol–water partition coefficient (Wildman–Crippen LogP) is 4.42. The van der Waals surface area contributed by atoms with E-state index in [2.05, 4.69) is 12.1 Å². The fourth-order valence-electron chi connectivity index (χ4n) is 2.49. The van der Waals surface area contributed by atoms with Gasteiger partial charge in [-0.1, -0.05) is 36.8 Å². The summed E-state index contributed by atoms with van der Waals surface area (Å²) in [6.07, 6.45) is 3.22. The molecule has 0 fully saturated rings. The summed E-state index contributed by atoms with van der Waals surface area (Å²) < 4.78 is 23.3.